The van der Waals surface area contributed by atoms with Crippen molar-refractivity contribution in [2.75, 3.05) is 31.2 Å². The summed E-state index contributed by atoms with van der Waals surface area (Å²) in [5, 5.41) is 14.8. The molecular weight excluding hydrogens is 492 g/mol. The van der Waals surface area contributed by atoms with Crippen LogP contribution in [-0.4, -0.2) is 56.7 Å². The quantitative estimate of drug-likeness (QED) is 0.428. The molecule has 0 amide bonds. The van der Waals surface area contributed by atoms with E-state index in [9.17, 15) is 14.3 Å². The number of nitrogens with zero attached hydrogens (tertiary/aromatic N) is 5. The van der Waals surface area contributed by atoms with E-state index in [4.69, 9.17) is 16.3 Å². The average molecular weight is 514 g/mol. The number of aliphatic carboxylic acids is 1. The number of fused-ring (bicyclic) bond motifs is 2. The van der Waals surface area contributed by atoms with Crippen LogP contribution in [0, 0.1) is 11.6 Å². The number of anilines is 1. The van der Waals surface area contributed by atoms with E-state index in [1.165, 1.54) is 29.1 Å². The number of morpholine rings is 1. The monoisotopic (exact) mass is 513 g/mol. The van der Waals surface area contributed by atoms with Gasteiger partial charge in [-0.1, -0.05) is 23.7 Å². The van der Waals surface area contributed by atoms with Crippen LogP contribution in [0.15, 0.2) is 36.8 Å². The molecule has 36 heavy (non-hydrogen) atoms. The summed E-state index contributed by atoms with van der Waals surface area (Å²) < 4.78 is 39.5. The fraction of sp³-hybridized carbons (Fsp3) is 0.320. The van der Waals surface area contributed by atoms with Gasteiger partial charge in [0.1, 0.15) is 11.3 Å². The van der Waals surface area contributed by atoms with Crippen LogP contribution in [0.5, 0.6) is 0 Å². The maximum absolute atomic E-state index is 16.0. The lowest BCUT2D eigenvalue weighted by Crippen LogP contribution is -2.37. The maximum Gasteiger partial charge on any atom is 0.334 e. The summed E-state index contributed by atoms with van der Waals surface area (Å²) in [6.07, 6.45) is 4.67. The molecule has 0 bridgehead atoms. The number of imidazole rings is 1. The van der Waals surface area contributed by atoms with Crippen molar-refractivity contribution in [3.05, 3.63) is 64.8 Å². The molecule has 6 rings (SSSR count). The van der Waals surface area contributed by atoms with Crippen LogP contribution >= 0.6 is 11.6 Å². The molecule has 4 heterocycles. The van der Waals surface area contributed by atoms with Crippen molar-refractivity contribution in [1.29, 1.82) is 0 Å². The van der Waals surface area contributed by atoms with E-state index >= 15 is 4.39 Å². The normalized spacial score (nSPS) is 16.5. The standard InChI is InChI=1S/C25H22ClF2N5O3/c26-17-11-15(14-3-1-4-18(27)23(14)31-7-9-36-10-8-31)20(28)21-16(17)12-33(30-21)24(25(34)35)22-19-5-2-6-32(19)13-29-22/h1,3-4,11-13,24H,2,5-10H2,(H,34,35). The Balaban J connectivity index is 1.49. The lowest BCUT2D eigenvalue weighted by molar-refractivity contribution is -0.139. The fourth-order valence-corrected chi connectivity index (χ4v) is 5.43. The first-order valence-electron chi connectivity index (χ1n) is 11.7. The molecule has 2 aromatic carbocycles. The topological polar surface area (TPSA) is 85.4 Å². The molecule has 4 aromatic rings. The number of aromatic nitrogens is 4. The zero-order chi connectivity index (χ0) is 25.0. The van der Waals surface area contributed by atoms with Crippen molar-refractivity contribution in [3.8, 4) is 11.1 Å². The Morgan fingerprint density at radius 3 is 2.75 bits per heavy atom. The van der Waals surface area contributed by atoms with Crippen molar-refractivity contribution in [3.63, 3.8) is 0 Å². The van der Waals surface area contributed by atoms with Crippen LogP contribution in [0.1, 0.15) is 23.9 Å². The van der Waals surface area contributed by atoms with E-state index in [2.05, 4.69) is 10.1 Å². The summed E-state index contributed by atoms with van der Waals surface area (Å²) in [5.41, 5.74) is 1.83. The Kier molecular flexibility index (Phi) is 5.65. The van der Waals surface area contributed by atoms with Gasteiger partial charge in [0.15, 0.2) is 11.9 Å². The number of aryl methyl sites for hydroxylation is 1. The molecular formula is C25H22ClF2N5O3. The van der Waals surface area contributed by atoms with E-state index in [-0.39, 0.29) is 27.2 Å². The number of carboxylic acids is 1. The van der Waals surface area contributed by atoms with Crippen molar-refractivity contribution < 1.29 is 23.4 Å². The second kappa shape index (κ2) is 8.86. The Bertz CT molecular complexity index is 1490. The number of hydrogen-bond donors (Lipinski definition) is 1. The second-order valence-electron chi connectivity index (χ2n) is 8.94. The predicted octanol–water partition coefficient (Wildman–Crippen LogP) is 4.29. The fourth-order valence-electron chi connectivity index (χ4n) is 5.18. The zero-order valence-corrected chi connectivity index (χ0v) is 19.9. The molecule has 8 nitrogen and oxygen atoms in total. The van der Waals surface area contributed by atoms with Gasteiger partial charge in [0.2, 0.25) is 0 Å². The van der Waals surface area contributed by atoms with E-state index < -0.39 is 23.6 Å². The number of benzene rings is 2. The third kappa shape index (κ3) is 3.63. The first-order chi connectivity index (χ1) is 17.4. The molecule has 0 aliphatic carbocycles. The lowest BCUT2D eigenvalue weighted by atomic mass is 10.00. The van der Waals surface area contributed by atoms with Crippen LogP contribution in [0.2, 0.25) is 5.02 Å². The summed E-state index contributed by atoms with van der Waals surface area (Å²) in [6, 6.07) is 4.70. The Morgan fingerprint density at radius 1 is 1.17 bits per heavy atom. The van der Waals surface area contributed by atoms with Crippen LogP contribution in [0.4, 0.5) is 14.5 Å². The molecule has 11 heteroatoms. The summed E-state index contributed by atoms with van der Waals surface area (Å²) >= 11 is 6.56. The minimum absolute atomic E-state index is 0.0863. The first-order valence-corrected chi connectivity index (χ1v) is 12.1. The summed E-state index contributed by atoms with van der Waals surface area (Å²) in [4.78, 5) is 18.4. The molecule has 1 unspecified atom stereocenters. The highest BCUT2D eigenvalue weighted by molar-refractivity contribution is 6.35. The molecule has 2 aromatic heterocycles. The van der Waals surface area contributed by atoms with Crippen molar-refractivity contribution in [2.45, 2.75) is 25.4 Å². The van der Waals surface area contributed by atoms with Crippen molar-refractivity contribution in [2.24, 2.45) is 0 Å². The molecule has 1 fully saturated rings. The van der Waals surface area contributed by atoms with Crippen molar-refractivity contribution in [1.82, 2.24) is 19.3 Å². The maximum atomic E-state index is 16.0. The van der Waals surface area contributed by atoms with Crippen LogP contribution < -0.4 is 4.90 Å². The molecule has 0 radical (unpaired) electrons. The van der Waals surface area contributed by atoms with Gasteiger partial charge < -0.3 is 19.3 Å². The van der Waals surface area contributed by atoms with Crippen molar-refractivity contribution >= 4 is 34.2 Å². The van der Waals surface area contributed by atoms with Gasteiger partial charge in [0, 0.05) is 48.0 Å². The van der Waals surface area contributed by atoms with E-state index in [0.717, 1.165) is 18.7 Å². The van der Waals surface area contributed by atoms with Gasteiger partial charge >= 0.3 is 5.97 Å². The summed E-state index contributed by atoms with van der Waals surface area (Å²) in [7, 11) is 0. The van der Waals surface area contributed by atoms with Crippen LogP contribution in [0.25, 0.3) is 22.0 Å². The Hall–Kier alpha value is -3.50. The molecule has 0 saturated carbocycles. The highest BCUT2D eigenvalue weighted by atomic mass is 35.5. The molecule has 1 saturated heterocycles. The number of halogens is 3. The molecule has 0 spiro atoms. The number of carboxylic acid groups (broad SMARTS) is 1. The number of ether oxygens (including phenoxy) is 1. The molecule has 186 valence electrons. The van der Waals surface area contributed by atoms with E-state index in [1.807, 2.05) is 9.47 Å². The molecule has 1 N–H and O–H groups in total. The third-order valence-corrected chi connectivity index (χ3v) is 7.17. The summed E-state index contributed by atoms with van der Waals surface area (Å²) in [5.74, 6) is -2.34. The highest BCUT2D eigenvalue weighted by Gasteiger charge is 2.32. The molecule has 1 atom stereocenters. The van der Waals surface area contributed by atoms with Crippen LogP contribution in [0.3, 0.4) is 0 Å². The van der Waals surface area contributed by atoms with Gasteiger partial charge in [0.05, 0.1) is 35.9 Å². The number of hydrogen-bond acceptors (Lipinski definition) is 5. The van der Waals surface area contributed by atoms with Gasteiger partial charge in [-0.3, -0.25) is 4.68 Å². The predicted molar refractivity (Wildman–Crippen MR) is 129 cm³/mol. The Labute approximate surface area is 209 Å². The number of rotatable bonds is 5. The van der Waals surface area contributed by atoms with Gasteiger partial charge in [-0.15, -0.1) is 0 Å². The van der Waals surface area contributed by atoms with Crippen LogP contribution in [-0.2, 0) is 22.5 Å². The smallest absolute Gasteiger partial charge is 0.334 e. The zero-order valence-electron chi connectivity index (χ0n) is 19.1. The SMILES string of the molecule is O=C(O)C(c1ncn2c1CCC2)n1cc2c(Cl)cc(-c3cccc(F)c3N3CCOCC3)c(F)c2n1. The van der Waals surface area contributed by atoms with Gasteiger partial charge in [-0.2, -0.15) is 5.10 Å². The first kappa shape index (κ1) is 22.9. The second-order valence-corrected chi connectivity index (χ2v) is 9.35. The third-order valence-electron chi connectivity index (χ3n) is 6.86. The average Bonchev–Trinajstić information content (AvgIpc) is 3.59. The minimum atomic E-state index is -1.23. The largest absolute Gasteiger partial charge is 0.479 e. The minimum Gasteiger partial charge on any atom is -0.479 e. The highest BCUT2D eigenvalue weighted by Crippen LogP contribution is 2.40. The van der Waals surface area contributed by atoms with E-state index in [1.54, 1.807) is 12.4 Å². The molecule has 2 aliphatic rings. The number of carbonyl (C=O) groups is 1. The Morgan fingerprint density at radius 2 is 1.97 bits per heavy atom. The van der Waals surface area contributed by atoms with Gasteiger partial charge in [-0.25, -0.2) is 18.6 Å². The lowest BCUT2D eigenvalue weighted by Gasteiger charge is -2.31. The van der Waals surface area contributed by atoms with Gasteiger partial charge in [0.25, 0.3) is 0 Å². The van der Waals surface area contributed by atoms with E-state index in [0.29, 0.717) is 44.0 Å². The van der Waals surface area contributed by atoms with Gasteiger partial charge in [-0.05, 0) is 25.0 Å². The summed E-state index contributed by atoms with van der Waals surface area (Å²) in [6.45, 7) is 2.59. The number of para-hydroxylation sites is 1. The molecule has 2 aliphatic heterocycles.